The zero-order chi connectivity index (χ0) is 16.9. The van der Waals surface area contributed by atoms with Crippen molar-refractivity contribution in [2.75, 3.05) is 7.11 Å². The predicted molar refractivity (Wildman–Crippen MR) is 95.0 cm³/mol. The van der Waals surface area contributed by atoms with Gasteiger partial charge in [-0.05, 0) is 64.9 Å². The average molecular weight is 313 g/mol. The lowest BCUT2D eigenvalue weighted by atomic mass is 10.0. The van der Waals surface area contributed by atoms with Crippen LogP contribution in [0.25, 0.3) is 16.8 Å². The van der Waals surface area contributed by atoms with Gasteiger partial charge in [0.05, 0.1) is 18.7 Å². The van der Waals surface area contributed by atoms with E-state index < -0.39 is 0 Å². The molecule has 116 valence electrons. The second kappa shape index (κ2) is 6.80. The largest absolute Gasteiger partial charge is 0.497 e. The lowest BCUT2D eigenvalue weighted by Crippen LogP contribution is -1.93. The van der Waals surface area contributed by atoms with Crippen molar-refractivity contribution in [3.63, 3.8) is 0 Å². The maximum Gasteiger partial charge on any atom is 0.185 e. The Morgan fingerprint density at radius 2 is 1.71 bits per heavy atom. The molecule has 0 unspecified atom stereocenters. The first kappa shape index (κ1) is 15.5. The average Bonchev–Trinajstić information content (AvgIpc) is 2.65. The van der Waals surface area contributed by atoms with Crippen molar-refractivity contribution in [1.29, 1.82) is 5.26 Å². The molecule has 0 aromatic heterocycles. The van der Waals surface area contributed by atoms with E-state index in [1.54, 1.807) is 43.5 Å². The first-order chi connectivity index (χ1) is 11.7. The smallest absolute Gasteiger partial charge is 0.185 e. The van der Waals surface area contributed by atoms with Crippen molar-refractivity contribution in [3.05, 3.63) is 83.4 Å². The molecule has 24 heavy (non-hydrogen) atoms. The Morgan fingerprint density at radius 3 is 2.42 bits per heavy atom. The van der Waals surface area contributed by atoms with E-state index in [0.29, 0.717) is 11.1 Å². The highest BCUT2D eigenvalue weighted by molar-refractivity contribution is 6.07. The Bertz CT molecular complexity index is 963. The summed E-state index contributed by atoms with van der Waals surface area (Å²) in [6.45, 7) is 0. The van der Waals surface area contributed by atoms with Gasteiger partial charge in [-0.25, -0.2) is 0 Å². The number of ether oxygens (including phenoxy) is 1. The summed E-state index contributed by atoms with van der Waals surface area (Å²) in [4.78, 5) is 12.2. The minimum absolute atomic E-state index is 0.0886. The second-order valence-electron chi connectivity index (χ2n) is 5.36. The van der Waals surface area contributed by atoms with Gasteiger partial charge in [0.2, 0.25) is 0 Å². The molecule has 0 fully saturated rings. The Balaban J connectivity index is 1.81. The van der Waals surface area contributed by atoms with E-state index in [0.717, 1.165) is 22.1 Å². The van der Waals surface area contributed by atoms with Crippen LogP contribution in [0.15, 0.2) is 66.7 Å². The molecule has 3 aromatic rings. The molecule has 0 amide bonds. The minimum atomic E-state index is -0.0886. The van der Waals surface area contributed by atoms with E-state index in [9.17, 15) is 4.79 Å². The van der Waals surface area contributed by atoms with E-state index in [2.05, 4.69) is 0 Å². The fraction of sp³-hybridized carbons (Fsp3) is 0.0476. The molecule has 0 aliphatic heterocycles. The standard InChI is InChI=1S/C21H15NO2/c1-24-20-10-9-18-12-15(2-8-19(18)13-20)5-11-21(23)17-6-3-16(14-22)4-7-17/h2-13H,1H3. The number of fused-ring (bicyclic) bond motifs is 1. The monoisotopic (exact) mass is 313 g/mol. The summed E-state index contributed by atoms with van der Waals surface area (Å²) in [5.41, 5.74) is 2.06. The number of nitrogens with zero attached hydrogens (tertiary/aromatic N) is 1. The molecule has 0 aliphatic rings. The number of hydrogen-bond acceptors (Lipinski definition) is 3. The maximum atomic E-state index is 12.2. The third kappa shape index (κ3) is 3.34. The van der Waals surface area contributed by atoms with Gasteiger partial charge in [0.1, 0.15) is 5.75 Å². The van der Waals surface area contributed by atoms with E-state index >= 15 is 0 Å². The SMILES string of the molecule is COc1ccc2cc(C=CC(=O)c3ccc(C#N)cc3)ccc2c1. The van der Waals surface area contributed by atoms with Crippen molar-refractivity contribution in [3.8, 4) is 11.8 Å². The molecule has 0 aliphatic carbocycles. The number of hydrogen-bond donors (Lipinski definition) is 0. The quantitative estimate of drug-likeness (QED) is 0.522. The molecule has 0 heterocycles. The number of carbonyl (C=O) groups excluding carboxylic acids is 1. The first-order valence-electron chi connectivity index (χ1n) is 7.50. The van der Waals surface area contributed by atoms with Gasteiger partial charge in [-0.15, -0.1) is 0 Å². The van der Waals surface area contributed by atoms with Crippen molar-refractivity contribution >= 4 is 22.6 Å². The Hall–Kier alpha value is -3.38. The van der Waals surface area contributed by atoms with Crippen molar-refractivity contribution in [2.45, 2.75) is 0 Å². The topological polar surface area (TPSA) is 50.1 Å². The van der Waals surface area contributed by atoms with Crippen LogP contribution in [-0.2, 0) is 0 Å². The van der Waals surface area contributed by atoms with Crippen LogP contribution in [0.5, 0.6) is 5.75 Å². The molecule has 0 saturated heterocycles. The van der Waals surface area contributed by atoms with Gasteiger partial charge in [-0.1, -0.05) is 24.3 Å². The van der Waals surface area contributed by atoms with Gasteiger partial charge >= 0.3 is 0 Å². The molecule has 3 nitrogen and oxygen atoms in total. The van der Waals surface area contributed by atoms with Crippen molar-refractivity contribution < 1.29 is 9.53 Å². The first-order valence-corrected chi connectivity index (χ1v) is 7.50. The summed E-state index contributed by atoms with van der Waals surface area (Å²) in [5, 5.41) is 11.0. The molecular weight excluding hydrogens is 298 g/mol. The van der Waals surface area contributed by atoms with Gasteiger partial charge in [0.25, 0.3) is 0 Å². The second-order valence-corrected chi connectivity index (χ2v) is 5.36. The number of methoxy groups -OCH3 is 1. The molecule has 0 bridgehead atoms. The summed E-state index contributed by atoms with van der Waals surface area (Å²) in [5.74, 6) is 0.733. The summed E-state index contributed by atoms with van der Waals surface area (Å²) in [7, 11) is 1.65. The molecule has 0 spiro atoms. The van der Waals surface area contributed by atoms with Crippen LogP contribution >= 0.6 is 0 Å². The number of rotatable bonds is 4. The zero-order valence-corrected chi connectivity index (χ0v) is 13.2. The van der Waals surface area contributed by atoms with Gasteiger partial charge in [0.15, 0.2) is 5.78 Å². The van der Waals surface area contributed by atoms with Crippen LogP contribution in [0.2, 0.25) is 0 Å². The van der Waals surface area contributed by atoms with Crippen molar-refractivity contribution in [2.24, 2.45) is 0 Å². The van der Waals surface area contributed by atoms with Gasteiger partial charge in [-0.2, -0.15) is 5.26 Å². The highest BCUT2D eigenvalue weighted by Gasteiger charge is 2.02. The number of benzene rings is 3. The van der Waals surface area contributed by atoms with E-state index in [1.807, 2.05) is 42.5 Å². The van der Waals surface area contributed by atoms with Crippen LogP contribution in [0.1, 0.15) is 21.5 Å². The van der Waals surface area contributed by atoms with E-state index in [1.165, 1.54) is 0 Å². The van der Waals surface area contributed by atoms with Crippen LogP contribution in [-0.4, -0.2) is 12.9 Å². The van der Waals surface area contributed by atoms with Crippen LogP contribution < -0.4 is 4.74 Å². The summed E-state index contributed by atoms with van der Waals surface area (Å²) in [6, 6.07) is 20.5. The van der Waals surface area contributed by atoms with E-state index in [-0.39, 0.29) is 5.78 Å². The third-order valence-corrected chi connectivity index (χ3v) is 3.80. The van der Waals surface area contributed by atoms with Crippen LogP contribution in [0.3, 0.4) is 0 Å². The fourth-order valence-corrected chi connectivity index (χ4v) is 2.45. The fourth-order valence-electron chi connectivity index (χ4n) is 2.45. The zero-order valence-electron chi connectivity index (χ0n) is 13.2. The molecule has 0 radical (unpaired) electrons. The third-order valence-electron chi connectivity index (χ3n) is 3.80. The number of ketones is 1. The van der Waals surface area contributed by atoms with Crippen LogP contribution in [0, 0.1) is 11.3 Å². The highest BCUT2D eigenvalue weighted by atomic mass is 16.5. The number of nitriles is 1. The molecule has 3 heteroatoms. The summed E-state index contributed by atoms with van der Waals surface area (Å²) in [6.07, 6.45) is 3.34. The lowest BCUT2D eigenvalue weighted by molar-refractivity contribution is 0.104. The minimum Gasteiger partial charge on any atom is -0.497 e. The number of carbonyl (C=O) groups is 1. The lowest BCUT2D eigenvalue weighted by Gasteiger charge is -2.03. The van der Waals surface area contributed by atoms with Crippen LogP contribution in [0.4, 0.5) is 0 Å². The molecular formula is C21H15NO2. The molecule has 0 saturated carbocycles. The maximum absolute atomic E-state index is 12.2. The van der Waals surface area contributed by atoms with Gasteiger partial charge < -0.3 is 4.74 Å². The summed E-state index contributed by atoms with van der Waals surface area (Å²) >= 11 is 0. The molecule has 3 rings (SSSR count). The van der Waals surface area contributed by atoms with Gasteiger partial charge in [-0.3, -0.25) is 4.79 Å². The number of allylic oxidation sites excluding steroid dienone is 1. The Morgan fingerprint density at radius 1 is 1.00 bits per heavy atom. The van der Waals surface area contributed by atoms with E-state index in [4.69, 9.17) is 10.00 Å². The predicted octanol–water partition coefficient (Wildman–Crippen LogP) is 4.62. The van der Waals surface area contributed by atoms with Crippen molar-refractivity contribution in [1.82, 2.24) is 0 Å². The van der Waals surface area contributed by atoms with Gasteiger partial charge in [0, 0.05) is 5.56 Å². The molecule has 0 N–H and O–H groups in total. The normalized spacial score (nSPS) is 10.7. The Labute approximate surface area is 140 Å². The molecule has 3 aromatic carbocycles. The Kier molecular flexibility index (Phi) is 4.40. The molecule has 0 atom stereocenters. The highest BCUT2D eigenvalue weighted by Crippen LogP contribution is 2.22. The summed E-state index contributed by atoms with van der Waals surface area (Å²) < 4.78 is 5.22.